The maximum atomic E-state index is 3.21. The van der Waals surface area contributed by atoms with Crippen LogP contribution in [0.3, 0.4) is 0 Å². The molecule has 13 heavy (non-hydrogen) atoms. The van der Waals surface area contributed by atoms with Gasteiger partial charge in [-0.1, -0.05) is 0 Å². The van der Waals surface area contributed by atoms with E-state index in [2.05, 4.69) is 22.1 Å². The van der Waals surface area contributed by atoms with Gasteiger partial charge < -0.3 is 9.41 Å². The summed E-state index contributed by atoms with van der Waals surface area (Å²) in [6.07, 6.45) is 3.95. The summed E-state index contributed by atoms with van der Waals surface area (Å²) in [6, 6.07) is 8.37. The molecule has 0 atom stereocenters. The Labute approximate surface area is 83.4 Å². The van der Waals surface area contributed by atoms with Gasteiger partial charge in [0, 0.05) is 0 Å². The first-order valence-corrected chi connectivity index (χ1v) is 5.05. The number of nitrogens with one attached hydrogen (secondary N) is 2. The second-order valence-electron chi connectivity index (χ2n) is 2.29. The van der Waals surface area contributed by atoms with Crippen molar-refractivity contribution >= 4 is 8.00 Å². The third-order valence-corrected chi connectivity index (χ3v) is 3.28. The molecule has 0 spiro atoms. The summed E-state index contributed by atoms with van der Waals surface area (Å²) in [7, 11) is 0. The Morgan fingerprint density at radius 3 is 1.62 bits per heavy atom. The molecule has 0 aliphatic heterocycles. The summed E-state index contributed by atoms with van der Waals surface area (Å²) in [6.45, 7) is 0. The first kappa shape index (κ1) is 12.1. The molecule has 2 aromatic rings. The van der Waals surface area contributed by atoms with Gasteiger partial charge in [0.1, 0.15) is 0 Å². The Morgan fingerprint density at radius 2 is 1.31 bits per heavy atom. The van der Waals surface area contributed by atoms with E-state index in [1.165, 1.54) is 8.00 Å². The van der Waals surface area contributed by atoms with E-state index < -0.39 is 0 Å². The summed E-state index contributed by atoms with van der Waals surface area (Å²) in [5.74, 6) is 0. The van der Waals surface area contributed by atoms with E-state index in [0.29, 0.717) is 0 Å². The van der Waals surface area contributed by atoms with Crippen molar-refractivity contribution in [3.63, 3.8) is 0 Å². The van der Waals surface area contributed by atoms with Gasteiger partial charge in [-0.3, -0.25) is 0 Å². The Balaban J connectivity index is 0.000000720. The van der Waals surface area contributed by atoms with E-state index in [1.54, 1.807) is 0 Å². The van der Waals surface area contributed by atoms with Crippen LogP contribution in [0, 0.1) is 0 Å². The average Bonchev–Trinajstić information content (AvgIpc) is 2.60. The van der Waals surface area contributed by atoms with Gasteiger partial charge in [-0.2, -0.15) is 0 Å². The van der Waals surface area contributed by atoms with Gasteiger partial charge in [-0.05, 0) is 0 Å². The fourth-order valence-corrected chi connectivity index (χ4v) is 2.46. The number of hydrogen-bond donors (Lipinski definition) is 2. The summed E-state index contributed by atoms with van der Waals surface area (Å²) in [5, 5.41) is 0. The van der Waals surface area contributed by atoms with Gasteiger partial charge in [0.25, 0.3) is 0 Å². The zero-order valence-corrected chi connectivity index (χ0v) is 8.28. The molecule has 2 heterocycles. The first-order chi connectivity index (χ1) is 5.45. The van der Waals surface area contributed by atoms with Gasteiger partial charge in [-0.25, -0.2) is 0 Å². The molecule has 0 saturated carbocycles. The molecule has 5 heteroatoms. The van der Waals surface area contributed by atoms with Crippen molar-refractivity contribution in [1.29, 1.82) is 0 Å². The molecule has 2 rings (SSSR count). The van der Waals surface area contributed by atoms with Crippen LogP contribution in [0.15, 0.2) is 36.7 Å². The standard InChI is InChI=1S/2C4H4N.2FH.Ti/c2*1-2-4-5-3-1;;;/h2*1-3,5H;2*1H;/q;;;;+2/p-2. The van der Waals surface area contributed by atoms with Crippen molar-refractivity contribution in [2.75, 3.05) is 0 Å². The fraction of sp³-hybridized carbons (Fsp3) is 0. The summed E-state index contributed by atoms with van der Waals surface area (Å²) in [4.78, 5) is 6.42. The molecule has 2 nitrogen and oxygen atoms in total. The molecule has 0 aliphatic carbocycles. The Morgan fingerprint density at radius 1 is 0.846 bits per heavy atom. The molecule has 0 radical (unpaired) electrons. The number of hydrogen-bond acceptors (Lipinski definition) is 0. The van der Waals surface area contributed by atoms with E-state index in [1.807, 2.05) is 24.5 Å². The van der Waals surface area contributed by atoms with Crippen LogP contribution in [0.5, 0.6) is 0 Å². The normalized spacial score (nSPS) is 8.00. The number of rotatable bonds is 2. The number of halogens is 2. The van der Waals surface area contributed by atoms with Crippen LogP contribution >= 0.6 is 0 Å². The minimum atomic E-state index is -0.139. The third kappa shape index (κ3) is 3.16. The molecule has 2 aromatic heterocycles. The second-order valence-corrected chi connectivity index (χ2v) is 4.37. The zero-order chi connectivity index (χ0) is 7.52. The van der Waals surface area contributed by atoms with Crippen LogP contribution in [-0.4, -0.2) is 9.97 Å². The molecule has 0 fully saturated rings. The van der Waals surface area contributed by atoms with Crippen molar-refractivity contribution in [3.8, 4) is 0 Å². The zero-order valence-electron chi connectivity index (χ0n) is 6.72. The molecule has 68 valence electrons. The monoisotopic (exact) mass is 218 g/mol. The minimum absolute atomic E-state index is 0. The molecular formula is C8H8F2N2Ti. The van der Waals surface area contributed by atoms with E-state index in [-0.39, 0.29) is 28.6 Å². The summed E-state index contributed by atoms with van der Waals surface area (Å²) in [5.41, 5.74) is 0. The first-order valence-electron chi connectivity index (χ1n) is 3.49. The second kappa shape index (κ2) is 5.72. The van der Waals surface area contributed by atoms with Crippen LogP contribution in [0.2, 0.25) is 0 Å². The van der Waals surface area contributed by atoms with Gasteiger partial charge in [0.05, 0.1) is 0 Å². The number of aromatic nitrogens is 2. The molecule has 0 amide bonds. The predicted molar refractivity (Wildman–Crippen MR) is 40.9 cm³/mol. The van der Waals surface area contributed by atoms with Crippen LogP contribution in [0.25, 0.3) is 0 Å². The number of aromatic amines is 2. The summed E-state index contributed by atoms with van der Waals surface area (Å²) < 4.78 is 2.74. The quantitative estimate of drug-likeness (QED) is 0.471. The van der Waals surface area contributed by atoms with Crippen LogP contribution < -0.4 is 17.4 Å². The molecule has 0 aliphatic rings. The summed E-state index contributed by atoms with van der Waals surface area (Å²) >= 11 is -0.139. The Bertz CT molecular complexity index is 273. The van der Waals surface area contributed by atoms with E-state index >= 15 is 0 Å². The molecular weight excluding hydrogens is 210 g/mol. The van der Waals surface area contributed by atoms with E-state index in [0.717, 1.165) is 0 Å². The van der Waals surface area contributed by atoms with Crippen molar-refractivity contribution in [2.45, 2.75) is 0 Å². The SMILES string of the molecule is [F-].[F-].c1c[nH][c]([Ti+2][c]2ccc[nH]2)c1. The van der Waals surface area contributed by atoms with Crippen molar-refractivity contribution in [3.05, 3.63) is 36.7 Å². The van der Waals surface area contributed by atoms with Gasteiger partial charge in [0.2, 0.25) is 0 Å². The van der Waals surface area contributed by atoms with E-state index in [4.69, 9.17) is 0 Å². The van der Waals surface area contributed by atoms with Gasteiger partial charge in [0.15, 0.2) is 0 Å². The Kier molecular flexibility index (Phi) is 5.34. The van der Waals surface area contributed by atoms with Crippen molar-refractivity contribution in [2.24, 2.45) is 0 Å². The molecule has 2 N–H and O–H groups in total. The predicted octanol–water partition coefficient (Wildman–Crippen LogP) is -5.62. The average molecular weight is 218 g/mol. The van der Waals surface area contributed by atoms with Crippen LogP contribution in [0.1, 0.15) is 0 Å². The Hall–Kier alpha value is -0.866. The third-order valence-electron chi connectivity index (χ3n) is 1.47. The van der Waals surface area contributed by atoms with Crippen LogP contribution in [-0.2, 0) is 19.2 Å². The van der Waals surface area contributed by atoms with Crippen molar-refractivity contribution < 1.29 is 28.6 Å². The van der Waals surface area contributed by atoms with E-state index in [9.17, 15) is 0 Å². The van der Waals surface area contributed by atoms with Crippen LogP contribution in [0.4, 0.5) is 0 Å². The molecule has 0 unspecified atom stereocenters. The fourth-order valence-electron chi connectivity index (χ4n) is 0.961. The van der Waals surface area contributed by atoms with Gasteiger partial charge >= 0.3 is 73.8 Å². The maximum absolute atomic E-state index is 3.21. The van der Waals surface area contributed by atoms with Crippen molar-refractivity contribution in [1.82, 2.24) is 9.97 Å². The molecule has 0 aromatic carbocycles. The number of H-pyrrole nitrogens is 2. The van der Waals surface area contributed by atoms with Gasteiger partial charge in [-0.15, -0.1) is 0 Å². The molecule has 0 saturated heterocycles. The topological polar surface area (TPSA) is 31.6 Å². The molecule has 0 bridgehead atoms.